The van der Waals surface area contributed by atoms with Gasteiger partial charge in [0.2, 0.25) is 5.82 Å². The summed E-state index contributed by atoms with van der Waals surface area (Å²) in [5.74, 6) is 0.326. The summed E-state index contributed by atoms with van der Waals surface area (Å²) >= 11 is 0. The first kappa shape index (κ1) is 25.6. The average Bonchev–Trinajstić information content (AvgIpc) is 3.48. The molecular weight excluding hydrogens is 480 g/mol. The molecule has 4 aromatic rings. The van der Waals surface area contributed by atoms with Crippen LogP contribution in [0, 0.1) is 13.8 Å². The van der Waals surface area contributed by atoms with Gasteiger partial charge in [0.1, 0.15) is 11.5 Å². The molecular formula is C28H34N8O2. The van der Waals surface area contributed by atoms with Gasteiger partial charge in [-0.1, -0.05) is 50.6 Å². The highest BCUT2D eigenvalue weighted by Crippen LogP contribution is 2.31. The van der Waals surface area contributed by atoms with Crippen molar-refractivity contribution in [3.8, 4) is 11.3 Å². The normalized spacial score (nSPS) is 15.8. The molecule has 1 aliphatic heterocycles. The van der Waals surface area contributed by atoms with E-state index < -0.39 is 5.54 Å². The number of carbonyl (C=O) groups is 2. The number of nitrogens with one attached hydrogen (secondary N) is 1. The number of fused-ring (bicyclic) bond motifs is 1. The number of benzene rings is 1. The summed E-state index contributed by atoms with van der Waals surface area (Å²) in [5, 5.41) is 11.5. The van der Waals surface area contributed by atoms with Crippen molar-refractivity contribution >= 4 is 17.5 Å². The number of hydrogen-bond acceptors (Lipinski definition) is 6. The second kappa shape index (κ2) is 9.04. The van der Waals surface area contributed by atoms with Gasteiger partial charge in [0.25, 0.3) is 11.8 Å². The van der Waals surface area contributed by atoms with E-state index in [2.05, 4.69) is 73.2 Å². The molecule has 3 aromatic heterocycles. The van der Waals surface area contributed by atoms with Crippen molar-refractivity contribution in [2.45, 2.75) is 59.4 Å². The highest BCUT2D eigenvalue weighted by molar-refractivity contribution is 5.94. The molecule has 1 fully saturated rings. The zero-order chi connectivity index (χ0) is 27.4. The summed E-state index contributed by atoms with van der Waals surface area (Å²) in [7, 11) is 0. The molecule has 4 heterocycles. The molecule has 0 unspecified atom stereocenters. The molecule has 198 valence electrons. The van der Waals surface area contributed by atoms with E-state index in [1.807, 2.05) is 13.8 Å². The highest BCUT2D eigenvalue weighted by Gasteiger charge is 2.40. The number of H-pyrrole nitrogens is 1. The first-order valence-corrected chi connectivity index (χ1v) is 12.8. The van der Waals surface area contributed by atoms with E-state index in [9.17, 15) is 9.59 Å². The summed E-state index contributed by atoms with van der Waals surface area (Å²) in [5.41, 5.74) is 4.22. The molecule has 0 aliphatic carbocycles. The molecule has 0 radical (unpaired) electrons. The van der Waals surface area contributed by atoms with Gasteiger partial charge in [-0.05, 0) is 39.2 Å². The lowest BCUT2D eigenvalue weighted by molar-refractivity contribution is 0.0160. The van der Waals surface area contributed by atoms with Crippen LogP contribution in [-0.4, -0.2) is 76.6 Å². The minimum absolute atomic E-state index is 0.181. The molecule has 10 heteroatoms. The fraction of sp³-hybridized carbons (Fsp3) is 0.429. The number of piperazine rings is 1. The van der Waals surface area contributed by atoms with Crippen LogP contribution < -0.4 is 0 Å². The van der Waals surface area contributed by atoms with E-state index in [-0.39, 0.29) is 23.1 Å². The first-order chi connectivity index (χ1) is 17.8. The van der Waals surface area contributed by atoms with Gasteiger partial charge in [-0.3, -0.25) is 14.7 Å². The van der Waals surface area contributed by atoms with E-state index in [4.69, 9.17) is 10.1 Å². The lowest BCUT2D eigenvalue weighted by atomic mass is 9.87. The molecule has 1 aromatic carbocycles. The number of rotatable bonds is 3. The second-order valence-electron chi connectivity index (χ2n) is 11.7. The van der Waals surface area contributed by atoms with Crippen LogP contribution in [0.5, 0.6) is 0 Å². The van der Waals surface area contributed by atoms with E-state index in [1.165, 1.54) is 5.56 Å². The van der Waals surface area contributed by atoms with Crippen LogP contribution in [0.3, 0.4) is 0 Å². The Morgan fingerprint density at radius 1 is 1.00 bits per heavy atom. The Labute approximate surface area is 222 Å². The third kappa shape index (κ3) is 4.66. The van der Waals surface area contributed by atoms with E-state index in [0.717, 1.165) is 16.8 Å². The van der Waals surface area contributed by atoms with Crippen molar-refractivity contribution in [1.29, 1.82) is 0 Å². The number of aromatic amines is 1. The van der Waals surface area contributed by atoms with Gasteiger partial charge < -0.3 is 9.80 Å². The zero-order valence-electron chi connectivity index (χ0n) is 23.0. The van der Waals surface area contributed by atoms with Gasteiger partial charge >= 0.3 is 0 Å². The van der Waals surface area contributed by atoms with Gasteiger partial charge in [-0.25, -0.2) is 14.5 Å². The number of aryl methyl sites for hydroxylation is 2. The lowest BCUT2D eigenvalue weighted by Gasteiger charge is -2.46. The maximum Gasteiger partial charge on any atom is 0.291 e. The average molecular weight is 515 g/mol. The maximum atomic E-state index is 13.8. The van der Waals surface area contributed by atoms with E-state index in [0.29, 0.717) is 36.8 Å². The Kier molecular flexibility index (Phi) is 6.08. The predicted molar refractivity (Wildman–Crippen MR) is 144 cm³/mol. The number of imidazole rings is 1. The van der Waals surface area contributed by atoms with Crippen LogP contribution in [0.15, 0.2) is 36.5 Å². The van der Waals surface area contributed by atoms with Crippen LogP contribution in [0.25, 0.3) is 16.9 Å². The number of carbonyl (C=O) groups excluding carboxylic acids is 2. The van der Waals surface area contributed by atoms with Gasteiger partial charge in [-0.2, -0.15) is 10.2 Å². The molecule has 38 heavy (non-hydrogen) atoms. The van der Waals surface area contributed by atoms with Crippen LogP contribution in [-0.2, 0) is 5.41 Å². The van der Waals surface area contributed by atoms with Crippen molar-refractivity contribution < 1.29 is 9.59 Å². The monoisotopic (exact) mass is 514 g/mol. The van der Waals surface area contributed by atoms with Crippen molar-refractivity contribution in [2.75, 3.05) is 19.6 Å². The molecule has 2 amide bonds. The summed E-state index contributed by atoms with van der Waals surface area (Å²) in [6.07, 6.45) is 1.72. The van der Waals surface area contributed by atoms with Crippen LogP contribution in [0.1, 0.15) is 72.7 Å². The molecule has 0 bridgehead atoms. The Morgan fingerprint density at radius 3 is 2.32 bits per heavy atom. The molecule has 1 N–H and O–H groups in total. The lowest BCUT2D eigenvalue weighted by Crippen LogP contribution is -2.62. The summed E-state index contributed by atoms with van der Waals surface area (Å²) in [6, 6.07) is 10.3. The van der Waals surface area contributed by atoms with Crippen LogP contribution >= 0.6 is 0 Å². The second-order valence-corrected chi connectivity index (χ2v) is 11.7. The van der Waals surface area contributed by atoms with Gasteiger partial charge in [0.05, 0.1) is 17.4 Å². The fourth-order valence-corrected chi connectivity index (χ4v) is 4.93. The maximum absolute atomic E-state index is 13.8. The van der Waals surface area contributed by atoms with Gasteiger partial charge in [-0.15, -0.1) is 0 Å². The molecule has 0 saturated carbocycles. The van der Waals surface area contributed by atoms with Crippen molar-refractivity contribution in [2.24, 2.45) is 0 Å². The SMILES string of the molecule is Cc1ccc(-c2cc(C(C)(C)C)c3nc(C(=O)N4CCN(C(=O)c5nc(C)n[nH]5)CC4(C)C)cn3n2)cc1. The number of aromatic nitrogens is 6. The first-order valence-electron chi connectivity index (χ1n) is 12.8. The zero-order valence-corrected chi connectivity index (χ0v) is 23.0. The van der Waals surface area contributed by atoms with Gasteiger partial charge in [0, 0.05) is 30.8 Å². The summed E-state index contributed by atoms with van der Waals surface area (Å²) < 4.78 is 1.72. The molecule has 10 nitrogen and oxygen atoms in total. The van der Waals surface area contributed by atoms with Gasteiger partial charge in [0.15, 0.2) is 5.65 Å². The van der Waals surface area contributed by atoms with Crippen molar-refractivity contribution in [1.82, 2.24) is 39.6 Å². The van der Waals surface area contributed by atoms with Crippen molar-refractivity contribution in [3.63, 3.8) is 0 Å². The molecule has 5 rings (SSSR count). The Morgan fingerprint density at radius 2 is 1.71 bits per heavy atom. The molecule has 1 saturated heterocycles. The topological polar surface area (TPSA) is 112 Å². The predicted octanol–water partition coefficient (Wildman–Crippen LogP) is 3.81. The smallest absolute Gasteiger partial charge is 0.291 e. The third-order valence-electron chi connectivity index (χ3n) is 7.03. The van der Waals surface area contributed by atoms with E-state index >= 15 is 0 Å². The summed E-state index contributed by atoms with van der Waals surface area (Å²) in [6.45, 7) is 15.2. The molecule has 0 atom stereocenters. The number of amides is 2. The Hall–Kier alpha value is -4.08. The molecule has 1 aliphatic rings. The number of nitrogens with zero attached hydrogens (tertiary/aromatic N) is 7. The minimum Gasteiger partial charge on any atom is -0.332 e. The summed E-state index contributed by atoms with van der Waals surface area (Å²) in [4.78, 5) is 39.2. The Balaban J connectivity index is 1.46. The fourth-order valence-electron chi connectivity index (χ4n) is 4.93. The van der Waals surface area contributed by atoms with Crippen LogP contribution in [0.4, 0.5) is 0 Å². The van der Waals surface area contributed by atoms with Crippen molar-refractivity contribution in [3.05, 3.63) is 65.0 Å². The van der Waals surface area contributed by atoms with E-state index in [1.54, 1.807) is 27.4 Å². The third-order valence-corrected chi connectivity index (χ3v) is 7.03. The largest absolute Gasteiger partial charge is 0.332 e. The quantitative estimate of drug-likeness (QED) is 0.445. The Bertz CT molecular complexity index is 1520. The molecule has 0 spiro atoms. The minimum atomic E-state index is -0.608. The highest BCUT2D eigenvalue weighted by atomic mass is 16.2. The standard InChI is InChI=1S/C28H34N8O2/c1-17-8-10-19(11-9-17)21-14-20(27(3,4)5)24-30-22(15-36(24)33-21)25(37)35-13-12-34(16-28(35,6)7)26(38)23-29-18(2)31-32-23/h8-11,14-15H,12-13,16H2,1-7H3,(H,29,31,32). The van der Waals surface area contributed by atoms with Crippen LogP contribution in [0.2, 0.25) is 0 Å². The number of hydrogen-bond donors (Lipinski definition) is 1.